The number of benzene rings is 2. The van der Waals surface area contributed by atoms with E-state index in [1.807, 2.05) is 77.8 Å². The minimum Gasteiger partial charge on any atom is -0.385 e. The maximum absolute atomic E-state index is 13.6. The minimum atomic E-state index is -0.207. The van der Waals surface area contributed by atoms with Crippen molar-refractivity contribution in [2.24, 2.45) is 5.92 Å². The van der Waals surface area contributed by atoms with Gasteiger partial charge in [-0.15, -0.1) is 0 Å². The van der Waals surface area contributed by atoms with Crippen LogP contribution < -0.4 is 0 Å². The number of methoxy groups -OCH3 is 1. The second kappa shape index (κ2) is 16.1. The molecule has 0 aliphatic carbocycles. The molecule has 0 aliphatic rings. The number of rotatable bonds is 16. The molecular formula is C31H40ClN3O4. The van der Waals surface area contributed by atoms with E-state index >= 15 is 0 Å². The summed E-state index contributed by atoms with van der Waals surface area (Å²) in [4.78, 5) is 30.1. The zero-order valence-corrected chi connectivity index (χ0v) is 24.0. The second-order valence-electron chi connectivity index (χ2n) is 10.0. The van der Waals surface area contributed by atoms with Crippen molar-refractivity contribution >= 4 is 23.4 Å². The predicted octanol–water partition coefficient (Wildman–Crippen LogP) is 5.26. The van der Waals surface area contributed by atoms with E-state index in [1.54, 1.807) is 12.0 Å². The summed E-state index contributed by atoms with van der Waals surface area (Å²) in [7, 11) is 1.63. The molecule has 0 atom stereocenters. The molecule has 7 nitrogen and oxygen atoms in total. The van der Waals surface area contributed by atoms with E-state index in [2.05, 4.69) is 18.4 Å². The molecule has 3 aromatic rings. The fourth-order valence-corrected chi connectivity index (χ4v) is 4.52. The molecular weight excluding hydrogens is 514 g/mol. The van der Waals surface area contributed by atoms with Gasteiger partial charge >= 0.3 is 0 Å². The highest BCUT2D eigenvalue weighted by atomic mass is 35.5. The Labute approximate surface area is 237 Å². The van der Waals surface area contributed by atoms with Crippen LogP contribution in [-0.2, 0) is 38.8 Å². The highest BCUT2D eigenvalue weighted by Gasteiger charge is 2.23. The van der Waals surface area contributed by atoms with Gasteiger partial charge in [0.25, 0.3) is 0 Å². The van der Waals surface area contributed by atoms with Gasteiger partial charge in [0.05, 0.1) is 19.7 Å². The van der Waals surface area contributed by atoms with E-state index in [9.17, 15) is 9.59 Å². The Bertz CT molecular complexity index is 1170. The van der Waals surface area contributed by atoms with Gasteiger partial charge in [0.1, 0.15) is 6.61 Å². The Morgan fingerprint density at radius 3 is 2.41 bits per heavy atom. The van der Waals surface area contributed by atoms with Crippen LogP contribution in [0.25, 0.3) is 0 Å². The number of amides is 2. The summed E-state index contributed by atoms with van der Waals surface area (Å²) in [5.41, 5.74) is 3.02. The third-order valence-electron chi connectivity index (χ3n) is 6.31. The van der Waals surface area contributed by atoms with Crippen LogP contribution >= 0.6 is 11.6 Å². The standard InChI is InChI=1S/C31H40ClN3O4/c1-25(2)19-35(21-28-14-9-16-33(28)20-27-13-7-8-15-29(27)32)30(36)22-34(17-10-18-38-3)31(37)24-39-23-26-11-5-4-6-12-26/h4-9,11-16,25H,10,17-24H2,1-3H3. The zero-order chi connectivity index (χ0) is 28.0. The summed E-state index contributed by atoms with van der Waals surface area (Å²) in [5.74, 6) is -0.0298. The number of halogens is 1. The summed E-state index contributed by atoms with van der Waals surface area (Å²) in [6.07, 6.45) is 2.64. The average molecular weight is 554 g/mol. The number of nitrogens with zero attached hydrogens (tertiary/aromatic N) is 3. The van der Waals surface area contributed by atoms with Crippen molar-refractivity contribution in [2.45, 2.75) is 40.0 Å². The lowest BCUT2D eigenvalue weighted by atomic mass is 10.2. The number of ether oxygens (including phenoxy) is 2. The van der Waals surface area contributed by atoms with E-state index in [4.69, 9.17) is 21.1 Å². The van der Waals surface area contributed by atoms with Crippen molar-refractivity contribution in [3.63, 3.8) is 0 Å². The molecule has 8 heteroatoms. The number of carbonyl (C=O) groups excluding carboxylic acids is 2. The molecule has 0 aliphatic heterocycles. The van der Waals surface area contributed by atoms with Gasteiger partial charge in [-0.2, -0.15) is 0 Å². The molecule has 1 heterocycles. The van der Waals surface area contributed by atoms with Gasteiger partial charge in [-0.25, -0.2) is 0 Å². The molecule has 0 spiro atoms. The first kappa shape index (κ1) is 30.4. The first-order chi connectivity index (χ1) is 18.9. The van der Waals surface area contributed by atoms with Gasteiger partial charge in [-0.3, -0.25) is 9.59 Å². The van der Waals surface area contributed by atoms with E-state index in [-0.39, 0.29) is 30.9 Å². The smallest absolute Gasteiger partial charge is 0.249 e. The van der Waals surface area contributed by atoms with Crippen molar-refractivity contribution in [3.8, 4) is 0 Å². The molecule has 39 heavy (non-hydrogen) atoms. The molecule has 0 saturated carbocycles. The van der Waals surface area contributed by atoms with Crippen molar-refractivity contribution in [1.82, 2.24) is 14.4 Å². The topological polar surface area (TPSA) is 64.0 Å². The Hall–Kier alpha value is -3.13. The average Bonchev–Trinajstić information content (AvgIpc) is 3.35. The highest BCUT2D eigenvalue weighted by Crippen LogP contribution is 2.18. The maximum Gasteiger partial charge on any atom is 0.249 e. The monoisotopic (exact) mass is 553 g/mol. The van der Waals surface area contributed by atoms with Gasteiger partial charge in [0.15, 0.2) is 0 Å². The SMILES string of the molecule is COCCCN(CC(=O)N(Cc1cccn1Cc1ccccc1Cl)CC(C)C)C(=O)COCc1ccccc1. The molecule has 1 aromatic heterocycles. The van der Waals surface area contributed by atoms with Crippen LogP contribution in [0.2, 0.25) is 5.02 Å². The molecule has 0 fully saturated rings. The van der Waals surface area contributed by atoms with Crippen molar-refractivity contribution < 1.29 is 19.1 Å². The molecule has 210 valence electrons. The lowest BCUT2D eigenvalue weighted by molar-refractivity contribution is -0.144. The fourth-order valence-electron chi connectivity index (χ4n) is 4.32. The minimum absolute atomic E-state index is 0.00478. The number of carbonyl (C=O) groups is 2. The Morgan fingerprint density at radius 1 is 0.949 bits per heavy atom. The summed E-state index contributed by atoms with van der Waals surface area (Å²) in [6.45, 7) is 7.00. The predicted molar refractivity (Wildman–Crippen MR) is 154 cm³/mol. The number of aromatic nitrogens is 1. The number of hydrogen-bond donors (Lipinski definition) is 0. The summed E-state index contributed by atoms with van der Waals surface area (Å²) < 4.78 is 13.0. The Kier molecular flexibility index (Phi) is 12.5. The van der Waals surface area contributed by atoms with Gasteiger partial charge in [0, 0.05) is 50.3 Å². The molecule has 3 rings (SSSR count). The molecule has 0 N–H and O–H groups in total. The molecule has 2 aromatic carbocycles. The molecule has 0 saturated heterocycles. The molecule has 0 radical (unpaired) electrons. The van der Waals surface area contributed by atoms with Crippen LogP contribution in [0, 0.1) is 5.92 Å². The summed E-state index contributed by atoms with van der Waals surface area (Å²) in [6, 6.07) is 21.5. The quantitative estimate of drug-likeness (QED) is 0.227. The van der Waals surface area contributed by atoms with Crippen molar-refractivity contribution in [1.29, 1.82) is 0 Å². The van der Waals surface area contributed by atoms with Crippen LogP contribution in [-0.4, -0.2) is 66.1 Å². The van der Waals surface area contributed by atoms with Crippen LogP contribution in [0.1, 0.15) is 37.1 Å². The lowest BCUT2D eigenvalue weighted by Gasteiger charge is -2.29. The second-order valence-corrected chi connectivity index (χ2v) is 10.4. The third-order valence-corrected chi connectivity index (χ3v) is 6.67. The Morgan fingerprint density at radius 2 is 1.69 bits per heavy atom. The first-order valence-corrected chi connectivity index (χ1v) is 13.8. The van der Waals surface area contributed by atoms with E-state index in [1.165, 1.54) is 0 Å². The molecule has 0 bridgehead atoms. The first-order valence-electron chi connectivity index (χ1n) is 13.4. The van der Waals surface area contributed by atoms with Crippen molar-refractivity contribution in [2.75, 3.05) is 40.0 Å². The Balaban J connectivity index is 1.67. The van der Waals surface area contributed by atoms with Gasteiger partial charge in [-0.05, 0) is 41.7 Å². The van der Waals surface area contributed by atoms with Crippen molar-refractivity contribution in [3.05, 3.63) is 94.8 Å². The summed E-state index contributed by atoms with van der Waals surface area (Å²) in [5, 5.41) is 0.715. The highest BCUT2D eigenvalue weighted by molar-refractivity contribution is 6.31. The molecule has 0 unspecified atom stereocenters. The third kappa shape index (κ3) is 10.2. The van der Waals surface area contributed by atoms with Crippen LogP contribution in [0.4, 0.5) is 0 Å². The van der Waals surface area contributed by atoms with Gasteiger partial charge in [-0.1, -0.05) is 74.0 Å². The van der Waals surface area contributed by atoms with E-state index in [0.29, 0.717) is 50.8 Å². The largest absolute Gasteiger partial charge is 0.385 e. The van der Waals surface area contributed by atoms with Gasteiger partial charge < -0.3 is 23.8 Å². The van der Waals surface area contributed by atoms with Gasteiger partial charge in [0.2, 0.25) is 11.8 Å². The maximum atomic E-state index is 13.6. The summed E-state index contributed by atoms with van der Waals surface area (Å²) >= 11 is 6.39. The lowest BCUT2D eigenvalue weighted by Crippen LogP contribution is -2.45. The van der Waals surface area contributed by atoms with E-state index in [0.717, 1.165) is 16.8 Å². The van der Waals surface area contributed by atoms with Crippen LogP contribution in [0.15, 0.2) is 72.9 Å². The van der Waals surface area contributed by atoms with Crippen LogP contribution in [0.5, 0.6) is 0 Å². The zero-order valence-electron chi connectivity index (χ0n) is 23.2. The molecule has 2 amide bonds. The number of hydrogen-bond acceptors (Lipinski definition) is 4. The normalized spacial score (nSPS) is 11.1. The van der Waals surface area contributed by atoms with E-state index < -0.39 is 0 Å². The fraction of sp³-hybridized carbons (Fsp3) is 0.419. The van der Waals surface area contributed by atoms with Crippen LogP contribution in [0.3, 0.4) is 0 Å².